The van der Waals surface area contributed by atoms with Crippen molar-refractivity contribution < 1.29 is 41.0 Å². The standard InChI is InChI=1S/C14H13F5O4/c1-2-5-22-8(20)3-4-9(21)23-6-7-10(15)12(17)14(19)13(18)11(7)16/h2-6H2,1H3. The van der Waals surface area contributed by atoms with Crippen LogP contribution in [0.2, 0.25) is 0 Å². The van der Waals surface area contributed by atoms with Gasteiger partial charge in [-0.25, -0.2) is 22.0 Å². The van der Waals surface area contributed by atoms with Crippen LogP contribution in [0, 0.1) is 29.1 Å². The number of hydrogen-bond donors (Lipinski definition) is 0. The SMILES string of the molecule is CCCOC(=O)CCC(=O)OCc1c(F)c(F)c(F)c(F)c1F. The molecule has 0 saturated carbocycles. The maximum atomic E-state index is 13.3. The molecule has 23 heavy (non-hydrogen) atoms. The number of benzene rings is 1. The van der Waals surface area contributed by atoms with Gasteiger partial charge in [-0.2, -0.15) is 0 Å². The Morgan fingerprint density at radius 2 is 1.22 bits per heavy atom. The second-order valence-corrected chi connectivity index (χ2v) is 4.43. The number of carbonyl (C=O) groups is 2. The van der Waals surface area contributed by atoms with Gasteiger partial charge in [-0.1, -0.05) is 6.92 Å². The van der Waals surface area contributed by atoms with Gasteiger partial charge in [-0.15, -0.1) is 0 Å². The summed E-state index contributed by atoms with van der Waals surface area (Å²) in [5, 5.41) is 0. The molecule has 0 amide bonds. The van der Waals surface area contributed by atoms with Crippen molar-refractivity contribution in [2.45, 2.75) is 32.8 Å². The number of ether oxygens (including phenoxy) is 2. The molecule has 1 aromatic rings. The molecule has 1 rings (SSSR count). The van der Waals surface area contributed by atoms with Gasteiger partial charge in [0.2, 0.25) is 5.82 Å². The molecule has 0 heterocycles. The van der Waals surface area contributed by atoms with E-state index in [0.29, 0.717) is 6.42 Å². The van der Waals surface area contributed by atoms with E-state index in [1.54, 1.807) is 6.92 Å². The zero-order valence-corrected chi connectivity index (χ0v) is 12.1. The minimum atomic E-state index is -2.30. The summed E-state index contributed by atoms with van der Waals surface area (Å²) in [7, 11) is 0. The monoisotopic (exact) mass is 340 g/mol. The molecule has 0 saturated heterocycles. The number of hydrogen-bond acceptors (Lipinski definition) is 4. The largest absolute Gasteiger partial charge is 0.466 e. The highest BCUT2D eigenvalue weighted by atomic mass is 19.2. The van der Waals surface area contributed by atoms with E-state index in [0.717, 1.165) is 0 Å². The van der Waals surface area contributed by atoms with Gasteiger partial charge in [-0.05, 0) is 6.42 Å². The maximum absolute atomic E-state index is 13.3. The molecule has 0 aromatic heterocycles. The second-order valence-electron chi connectivity index (χ2n) is 4.43. The fourth-order valence-electron chi connectivity index (χ4n) is 1.49. The quantitative estimate of drug-likeness (QED) is 0.331. The third-order valence-electron chi connectivity index (χ3n) is 2.68. The predicted octanol–water partition coefficient (Wildman–Crippen LogP) is 3.16. The van der Waals surface area contributed by atoms with Crippen LogP contribution in [0.3, 0.4) is 0 Å². The molecule has 0 aliphatic carbocycles. The fourth-order valence-corrected chi connectivity index (χ4v) is 1.49. The number of halogens is 5. The molecule has 1 aromatic carbocycles. The first-order valence-corrected chi connectivity index (χ1v) is 6.61. The summed E-state index contributed by atoms with van der Waals surface area (Å²) >= 11 is 0. The number of rotatable bonds is 7. The van der Waals surface area contributed by atoms with Gasteiger partial charge >= 0.3 is 11.9 Å². The lowest BCUT2D eigenvalue weighted by Gasteiger charge is -2.09. The molecule has 0 unspecified atom stereocenters. The van der Waals surface area contributed by atoms with Crippen molar-refractivity contribution in [1.82, 2.24) is 0 Å². The third-order valence-corrected chi connectivity index (χ3v) is 2.68. The Kier molecular flexibility index (Phi) is 6.92. The molecule has 0 radical (unpaired) electrons. The molecule has 9 heteroatoms. The normalized spacial score (nSPS) is 10.5. The van der Waals surface area contributed by atoms with Gasteiger partial charge < -0.3 is 9.47 Å². The Morgan fingerprint density at radius 1 is 0.783 bits per heavy atom. The predicted molar refractivity (Wildman–Crippen MR) is 66.5 cm³/mol. The van der Waals surface area contributed by atoms with E-state index in [1.165, 1.54) is 0 Å². The van der Waals surface area contributed by atoms with Gasteiger partial charge in [0, 0.05) is 0 Å². The van der Waals surface area contributed by atoms with Crippen molar-refractivity contribution in [3.05, 3.63) is 34.6 Å². The summed E-state index contributed by atoms with van der Waals surface area (Å²) < 4.78 is 74.4. The van der Waals surface area contributed by atoms with Crippen molar-refractivity contribution in [3.63, 3.8) is 0 Å². The lowest BCUT2D eigenvalue weighted by molar-refractivity contribution is -0.151. The highest BCUT2D eigenvalue weighted by Crippen LogP contribution is 2.23. The van der Waals surface area contributed by atoms with Gasteiger partial charge in [-0.3, -0.25) is 9.59 Å². The van der Waals surface area contributed by atoms with Crippen LogP contribution in [0.1, 0.15) is 31.7 Å². The summed E-state index contributed by atoms with van der Waals surface area (Å²) in [5.74, 6) is -12.4. The van der Waals surface area contributed by atoms with Crippen LogP contribution in [0.5, 0.6) is 0 Å². The lowest BCUT2D eigenvalue weighted by Crippen LogP contribution is -2.13. The summed E-state index contributed by atoms with van der Waals surface area (Å²) in [6, 6.07) is 0. The molecular weight excluding hydrogens is 327 g/mol. The van der Waals surface area contributed by atoms with Crippen LogP contribution in [0.25, 0.3) is 0 Å². The van der Waals surface area contributed by atoms with Gasteiger partial charge in [0.05, 0.1) is 25.0 Å². The second kappa shape index (κ2) is 8.44. The van der Waals surface area contributed by atoms with Crippen molar-refractivity contribution in [2.75, 3.05) is 6.61 Å². The Bertz CT molecular complexity index is 574. The van der Waals surface area contributed by atoms with Crippen LogP contribution >= 0.6 is 0 Å². The Balaban J connectivity index is 2.62. The summed E-state index contributed by atoms with van der Waals surface area (Å²) in [5.41, 5.74) is -1.26. The lowest BCUT2D eigenvalue weighted by atomic mass is 10.2. The van der Waals surface area contributed by atoms with E-state index in [2.05, 4.69) is 9.47 Å². The van der Waals surface area contributed by atoms with E-state index in [1.807, 2.05) is 0 Å². The molecule has 128 valence electrons. The minimum absolute atomic E-state index is 0.179. The fraction of sp³-hybridized carbons (Fsp3) is 0.429. The molecule has 0 N–H and O–H groups in total. The van der Waals surface area contributed by atoms with Crippen LogP contribution in [-0.2, 0) is 25.7 Å². The maximum Gasteiger partial charge on any atom is 0.306 e. The number of esters is 2. The van der Waals surface area contributed by atoms with Crippen molar-refractivity contribution in [1.29, 1.82) is 0 Å². The van der Waals surface area contributed by atoms with E-state index >= 15 is 0 Å². The summed E-state index contributed by atoms with van der Waals surface area (Å²) in [4.78, 5) is 22.4. The van der Waals surface area contributed by atoms with E-state index in [9.17, 15) is 31.5 Å². The highest BCUT2D eigenvalue weighted by Gasteiger charge is 2.26. The zero-order chi connectivity index (χ0) is 17.6. The molecule has 0 fully saturated rings. The van der Waals surface area contributed by atoms with E-state index in [-0.39, 0.29) is 13.0 Å². The minimum Gasteiger partial charge on any atom is -0.466 e. The topological polar surface area (TPSA) is 52.6 Å². The van der Waals surface area contributed by atoms with Gasteiger partial charge in [0.1, 0.15) is 6.61 Å². The van der Waals surface area contributed by atoms with Crippen molar-refractivity contribution in [2.24, 2.45) is 0 Å². The van der Waals surface area contributed by atoms with Crippen LogP contribution in [-0.4, -0.2) is 18.5 Å². The first-order valence-electron chi connectivity index (χ1n) is 6.61. The Labute approximate surface area is 128 Å². The molecule has 0 aliphatic heterocycles. The van der Waals surface area contributed by atoms with E-state index < -0.39 is 59.6 Å². The highest BCUT2D eigenvalue weighted by molar-refractivity contribution is 5.77. The number of carbonyl (C=O) groups excluding carboxylic acids is 2. The van der Waals surface area contributed by atoms with Crippen molar-refractivity contribution >= 4 is 11.9 Å². The average molecular weight is 340 g/mol. The third kappa shape index (κ3) is 4.90. The van der Waals surface area contributed by atoms with Crippen LogP contribution < -0.4 is 0 Å². The first-order chi connectivity index (χ1) is 10.8. The molecule has 0 bridgehead atoms. The van der Waals surface area contributed by atoms with E-state index in [4.69, 9.17) is 0 Å². The molecule has 0 spiro atoms. The zero-order valence-electron chi connectivity index (χ0n) is 12.1. The molecular formula is C14H13F5O4. The Morgan fingerprint density at radius 3 is 1.70 bits per heavy atom. The van der Waals surface area contributed by atoms with Gasteiger partial charge in [0.25, 0.3) is 0 Å². The van der Waals surface area contributed by atoms with Crippen LogP contribution in [0.4, 0.5) is 22.0 Å². The summed E-state index contributed by atoms with van der Waals surface area (Å²) in [6.45, 7) is 0.804. The van der Waals surface area contributed by atoms with Crippen LogP contribution in [0.15, 0.2) is 0 Å². The summed E-state index contributed by atoms with van der Waals surface area (Å²) in [6.07, 6.45) is -0.176. The van der Waals surface area contributed by atoms with Gasteiger partial charge in [0.15, 0.2) is 23.3 Å². The first kappa shape index (κ1) is 18.9. The average Bonchev–Trinajstić information content (AvgIpc) is 2.54. The van der Waals surface area contributed by atoms with Crippen molar-refractivity contribution in [3.8, 4) is 0 Å². The molecule has 0 atom stereocenters. The molecule has 4 nitrogen and oxygen atoms in total. The smallest absolute Gasteiger partial charge is 0.306 e. The molecule has 0 aliphatic rings. The Hall–Kier alpha value is -2.19.